The molecule has 26 heavy (non-hydrogen) atoms. The number of nitrogens with zero attached hydrogens (tertiary/aromatic N) is 3. The second-order valence-electron chi connectivity index (χ2n) is 6.24. The van der Waals surface area contributed by atoms with E-state index in [4.69, 9.17) is 19.8 Å². The molecule has 1 aromatic heterocycles. The molecule has 0 radical (unpaired) electrons. The summed E-state index contributed by atoms with van der Waals surface area (Å²) in [6.07, 6.45) is 3.22. The maximum absolute atomic E-state index is 9.01. The summed E-state index contributed by atoms with van der Waals surface area (Å²) in [6.45, 7) is 0.379. The summed E-state index contributed by atoms with van der Waals surface area (Å²) < 4.78 is 13.4. The number of methoxy groups -OCH3 is 1. The van der Waals surface area contributed by atoms with Gasteiger partial charge in [0.15, 0.2) is 11.5 Å². The van der Waals surface area contributed by atoms with Crippen LogP contribution in [0.2, 0.25) is 0 Å². The van der Waals surface area contributed by atoms with E-state index in [1.807, 2.05) is 22.9 Å². The number of hydrogen-bond donors (Lipinski definition) is 0. The van der Waals surface area contributed by atoms with E-state index in [1.54, 1.807) is 25.3 Å². The average molecular weight is 345 g/mol. The van der Waals surface area contributed by atoms with Crippen molar-refractivity contribution in [3.05, 3.63) is 71.0 Å². The zero-order valence-corrected chi connectivity index (χ0v) is 14.6. The number of benzene rings is 2. The number of aromatic nitrogens is 2. The Labute approximate surface area is 152 Å². The third-order valence-corrected chi connectivity index (χ3v) is 4.67. The summed E-state index contributed by atoms with van der Waals surface area (Å²) in [6, 6.07) is 17.5. The number of para-hydroxylation sites is 1. The molecular weight excluding hydrogens is 326 g/mol. The average Bonchev–Trinajstić information content (AvgIpc) is 3.30. The van der Waals surface area contributed by atoms with Crippen molar-refractivity contribution in [2.45, 2.75) is 25.9 Å². The molecule has 0 saturated heterocycles. The highest BCUT2D eigenvalue weighted by atomic mass is 16.5. The first-order valence-corrected chi connectivity index (χ1v) is 8.66. The van der Waals surface area contributed by atoms with Crippen LogP contribution in [0, 0.1) is 11.3 Å². The van der Waals surface area contributed by atoms with E-state index < -0.39 is 0 Å². The van der Waals surface area contributed by atoms with Gasteiger partial charge in [0, 0.05) is 17.3 Å². The van der Waals surface area contributed by atoms with Gasteiger partial charge in [0.1, 0.15) is 12.3 Å². The standard InChI is InChI=1S/C21H19N3O2/c1-25-21-12-15(13-22)10-11-20(21)26-14-18-17-8-5-9-19(17)24(23-18)16-6-3-2-4-7-16/h2-4,6-7,10-12H,5,8-9,14H2,1H3. The van der Waals surface area contributed by atoms with Crippen LogP contribution in [-0.2, 0) is 19.4 Å². The molecule has 3 aromatic rings. The molecule has 0 amide bonds. The molecule has 130 valence electrons. The Bertz CT molecular complexity index is 971. The van der Waals surface area contributed by atoms with E-state index in [0.29, 0.717) is 23.7 Å². The van der Waals surface area contributed by atoms with Crippen LogP contribution in [0.25, 0.3) is 5.69 Å². The predicted molar refractivity (Wildman–Crippen MR) is 97.6 cm³/mol. The summed E-state index contributed by atoms with van der Waals surface area (Å²) in [5.74, 6) is 1.18. The van der Waals surface area contributed by atoms with Crippen LogP contribution in [0.5, 0.6) is 11.5 Å². The molecule has 1 aliphatic rings. The van der Waals surface area contributed by atoms with Crippen molar-refractivity contribution >= 4 is 0 Å². The molecule has 0 saturated carbocycles. The topological polar surface area (TPSA) is 60.1 Å². The highest BCUT2D eigenvalue weighted by Crippen LogP contribution is 2.31. The van der Waals surface area contributed by atoms with E-state index in [0.717, 1.165) is 30.6 Å². The molecule has 4 rings (SSSR count). The fraction of sp³-hybridized carbons (Fsp3) is 0.238. The van der Waals surface area contributed by atoms with E-state index >= 15 is 0 Å². The molecule has 5 nitrogen and oxygen atoms in total. The number of hydrogen-bond acceptors (Lipinski definition) is 4. The third-order valence-electron chi connectivity index (χ3n) is 4.67. The zero-order valence-electron chi connectivity index (χ0n) is 14.6. The lowest BCUT2D eigenvalue weighted by atomic mass is 10.2. The van der Waals surface area contributed by atoms with Gasteiger partial charge in [-0.05, 0) is 43.5 Å². The third kappa shape index (κ3) is 2.91. The van der Waals surface area contributed by atoms with Gasteiger partial charge in [-0.15, -0.1) is 0 Å². The Morgan fingerprint density at radius 2 is 1.96 bits per heavy atom. The van der Waals surface area contributed by atoms with Gasteiger partial charge in [0.25, 0.3) is 0 Å². The van der Waals surface area contributed by atoms with E-state index in [-0.39, 0.29) is 0 Å². The SMILES string of the molecule is COc1cc(C#N)ccc1OCc1nn(-c2ccccc2)c2c1CCC2. The van der Waals surface area contributed by atoms with Gasteiger partial charge in [-0.25, -0.2) is 4.68 Å². The molecule has 0 N–H and O–H groups in total. The van der Waals surface area contributed by atoms with Crippen molar-refractivity contribution < 1.29 is 9.47 Å². The molecule has 2 aromatic carbocycles. The smallest absolute Gasteiger partial charge is 0.162 e. The summed E-state index contributed by atoms with van der Waals surface area (Å²) in [7, 11) is 1.57. The van der Waals surface area contributed by atoms with Gasteiger partial charge in [0.2, 0.25) is 0 Å². The highest BCUT2D eigenvalue weighted by molar-refractivity contribution is 5.47. The summed E-state index contributed by atoms with van der Waals surface area (Å²) >= 11 is 0. The molecule has 0 aliphatic heterocycles. The first-order valence-electron chi connectivity index (χ1n) is 8.66. The van der Waals surface area contributed by atoms with Crippen LogP contribution in [0.4, 0.5) is 0 Å². The van der Waals surface area contributed by atoms with Gasteiger partial charge in [0.05, 0.1) is 24.4 Å². The minimum absolute atomic E-state index is 0.379. The molecule has 1 heterocycles. The summed E-state index contributed by atoms with van der Waals surface area (Å²) in [5, 5.41) is 13.8. The molecule has 0 spiro atoms. The normalized spacial score (nSPS) is 12.5. The first-order chi connectivity index (χ1) is 12.8. The van der Waals surface area contributed by atoms with Crippen LogP contribution < -0.4 is 9.47 Å². The first kappa shape index (κ1) is 16.2. The summed E-state index contributed by atoms with van der Waals surface area (Å²) in [5.41, 5.74) is 5.16. The number of rotatable bonds is 5. The monoisotopic (exact) mass is 345 g/mol. The van der Waals surface area contributed by atoms with E-state index in [2.05, 4.69) is 18.2 Å². The lowest BCUT2D eigenvalue weighted by Crippen LogP contribution is -2.03. The van der Waals surface area contributed by atoms with Crippen LogP contribution in [-0.4, -0.2) is 16.9 Å². The maximum Gasteiger partial charge on any atom is 0.162 e. The van der Waals surface area contributed by atoms with Gasteiger partial charge in [-0.2, -0.15) is 10.4 Å². The molecule has 5 heteroatoms. The number of nitriles is 1. The van der Waals surface area contributed by atoms with Crippen molar-refractivity contribution in [3.63, 3.8) is 0 Å². The van der Waals surface area contributed by atoms with Crippen LogP contribution >= 0.6 is 0 Å². The van der Waals surface area contributed by atoms with E-state index in [1.165, 1.54) is 11.3 Å². The Kier molecular flexibility index (Phi) is 4.32. The Morgan fingerprint density at radius 3 is 2.73 bits per heavy atom. The van der Waals surface area contributed by atoms with Crippen molar-refractivity contribution in [1.29, 1.82) is 5.26 Å². The minimum atomic E-state index is 0.379. The zero-order chi connectivity index (χ0) is 17.9. The van der Waals surface area contributed by atoms with Crippen molar-refractivity contribution in [1.82, 2.24) is 9.78 Å². The van der Waals surface area contributed by atoms with Gasteiger partial charge in [-0.1, -0.05) is 18.2 Å². The van der Waals surface area contributed by atoms with Gasteiger partial charge < -0.3 is 9.47 Å². The lowest BCUT2D eigenvalue weighted by Gasteiger charge is -2.10. The highest BCUT2D eigenvalue weighted by Gasteiger charge is 2.23. The second kappa shape index (κ2) is 6.93. The largest absolute Gasteiger partial charge is 0.493 e. The van der Waals surface area contributed by atoms with Gasteiger partial charge in [-0.3, -0.25) is 0 Å². The van der Waals surface area contributed by atoms with Crippen molar-refractivity contribution in [2.75, 3.05) is 7.11 Å². The maximum atomic E-state index is 9.01. The van der Waals surface area contributed by atoms with E-state index in [9.17, 15) is 0 Å². The number of ether oxygens (including phenoxy) is 2. The van der Waals surface area contributed by atoms with Crippen LogP contribution in [0.15, 0.2) is 48.5 Å². The fourth-order valence-corrected chi connectivity index (χ4v) is 3.42. The quantitative estimate of drug-likeness (QED) is 0.705. The minimum Gasteiger partial charge on any atom is -0.493 e. The Morgan fingerprint density at radius 1 is 1.12 bits per heavy atom. The van der Waals surface area contributed by atoms with Crippen molar-refractivity contribution in [3.8, 4) is 23.3 Å². The molecule has 0 fully saturated rings. The fourth-order valence-electron chi connectivity index (χ4n) is 3.42. The molecular formula is C21H19N3O2. The molecule has 1 aliphatic carbocycles. The predicted octanol–water partition coefficient (Wildman–Crippen LogP) is 3.82. The summed E-state index contributed by atoms with van der Waals surface area (Å²) in [4.78, 5) is 0. The molecule has 0 unspecified atom stereocenters. The second-order valence-corrected chi connectivity index (χ2v) is 6.24. The van der Waals surface area contributed by atoms with Crippen LogP contribution in [0.1, 0.15) is 28.9 Å². The molecule has 0 atom stereocenters. The van der Waals surface area contributed by atoms with Gasteiger partial charge >= 0.3 is 0 Å². The van der Waals surface area contributed by atoms with Crippen molar-refractivity contribution in [2.24, 2.45) is 0 Å². The Balaban J connectivity index is 1.61. The number of fused-ring (bicyclic) bond motifs is 1. The lowest BCUT2D eigenvalue weighted by molar-refractivity contribution is 0.279. The Hall–Kier alpha value is -3.26. The van der Waals surface area contributed by atoms with Crippen LogP contribution in [0.3, 0.4) is 0 Å². The molecule has 0 bridgehead atoms.